The summed E-state index contributed by atoms with van der Waals surface area (Å²) in [6.07, 6.45) is 22.7. The maximum atomic E-state index is 2.43. The van der Waals surface area contributed by atoms with Crippen molar-refractivity contribution < 1.29 is 0 Å². The molecule has 0 saturated heterocycles. The molecule has 2 aliphatic carbocycles. The Morgan fingerprint density at radius 1 is 0.758 bits per heavy atom. The quantitative estimate of drug-likeness (QED) is 0.253. The molecule has 4 rings (SSSR count). The van der Waals surface area contributed by atoms with Crippen LogP contribution in [0.1, 0.15) is 108 Å². The van der Waals surface area contributed by atoms with E-state index in [4.69, 9.17) is 0 Å². The van der Waals surface area contributed by atoms with Gasteiger partial charge in [-0.05, 0) is 97.8 Å². The van der Waals surface area contributed by atoms with E-state index in [1.165, 1.54) is 87.3 Å². The number of unbranched alkanes of at least 4 members (excludes halogenated alkanes) is 3. The number of hydrogen-bond donors (Lipinski definition) is 0. The molecule has 0 spiro atoms. The molecular formula is C33H46. The summed E-state index contributed by atoms with van der Waals surface area (Å²) < 4.78 is 0. The van der Waals surface area contributed by atoms with Crippen LogP contribution < -0.4 is 0 Å². The van der Waals surface area contributed by atoms with Gasteiger partial charge in [0, 0.05) is 0 Å². The summed E-state index contributed by atoms with van der Waals surface area (Å²) in [5.74, 6) is 3.84. The molecule has 178 valence electrons. The zero-order valence-electron chi connectivity index (χ0n) is 21.3. The van der Waals surface area contributed by atoms with E-state index in [0.29, 0.717) is 0 Å². The topological polar surface area (TPSA) is 0 Å². The molecule has 4 atom stereocenters. The van der Waals surface area contributed by atoms with Gasteiger partial charge in [0.1, 0.15) is 0 Å². The summed E-state index contributed by atoms with van der Waals surface area (Å²) in [5, 5.41) is 0. The second kappa shape index (κ2) is 12.6. The predicted molar refractivity (Wildman–Crippen MR) is 145 cm³/mol. The molecule has 0 heterocycles. The summed E-state index contributed by atoms with van der Waals surface area (Å²) in [6.45, 7) is 4.42. The Balaban J connectivity index is 1.28. The lowest BCUT2D eigenvalue weighted by atomic mass is 9.63. The first-order chi connectivity index (χ1) is 16.3. The molecule has 33 heavy (non-hydrogen) atoms. The van der Waals surface area contributed by atoms with Crippen LogP contribution in [0.15, 0.2) is 60.7 Å². The largest absolute Gasteiger partial charge is 0.0917 e. The third-order valence-electron chi connectivity index (χ3n) is 8.69. The van der Waals surface area contributed by atoms with Crippen LogP contribution in [-0.4, -0.2) is 0 Å². The molecule has 0 nitrogen and oxygen atoms in total. The lowest BCUT2D eigenvalue weighted by Crippen LogP contribution is -2.30. The van der Waals surface area contributed by atoms with Crippen LogP contribution in [-0.2, 0) is 6.42 Å². The number of aryl methyl sites for hydroxylation is 1. The molecule has 2 fully saturated rings. The monoisotopic (exact) mass is 442 g/mol. The van der Waals surface area contributed by atoms with Crippen molar-refractivity contribution in [3.8, 4) is 11.1 Å². The lowest BCUT2D eigenvalue weighted by Gasteiger charge is -2.42. The average molecular weight is 443 g/mol. The molecule has 0 amide bonds. The van der Waals surface area contributed by atoms with Crippen molar-refractivity contribution in [1.82, 2.24) is 0 Å². The molecule has 0 aliphatic heterocycles. The van der Waals surface area contributed by atoms with Crippen LogP contribution in [0, 0.1) is 17.8 Å². The molecule has 2 aromatic rings. The Bertz CT molecular complexity index is 841. The molecule has 2 aliphatic rings. The SMILES string of the molecule is CC=CCCc1ccc(-c2ccc(C3CCC4CC(CCCCCC)CCC4C3)cc2)cc1. The van der Waals surface area contributed by atoms with Gasteiger partial charge in [0.2, 0.25) is 0 Å². The van der Waals surface area contributed by atoms with Crippen molar-refractivity contribution in [2.24, 2.45) is 17.8 Å². The Morgan fingerprint density at radius 3 is 2.18 bits per heavy atom. The van der Waals surface area contributed by atoms with E-state index in [9.17, 15) is 0 Å². The molecule has 0 radical (unpaired) electrons. The van der Waals surface area contributed by atoms with E-state index in [2.05, 4.69) is 74.5 Å². The van der Waals surface area contributed by atoms with Gasteiger partial charge in [-0.15, -0.1) is 0 Å². The summed E-state index contributed by atoms with van der Waals surface area (Å²) >= 11 is 0. The predicted octanol–water partition coefficient (Wildman–Crippen LogP) is 10.1. The summed E-state index contributed by atoms with van der Waals surface area (Å²) in [4.78, 5) is 0. The first kappa shape index (κ1) is 24.3. The second-order valence-electron chi connectivity index (χ2n) is 11.0. The Morgan fingerprint density at radius 2 is 1.45 bits per heavy atom. The number of hydrogen-bond acceptors (Lipinski definition) is 0. The fourth-order valence-corrected chi connectivity index (χ4v) is 6.64. The van der Waals surface area contributed by atoms with E-state index in [1.807, 2.05) is 0 Å². The molecule has 0 aromatic heterocycles. The maximum Gasteiger partial charge on any atom is -0.0159 e. The van der Waals surface area contributed by atoms with Gasteiger partial charge in [0.15, 0.2) is 0 Å². The van der Waals surface area contributed by atoms with Gasteiger partial charge < -0.3 is 0 Å². The maximum absolute atomic E-state index is 2.43. The minimum Gasteiger partial charge on any atom is -0.0917 e. The molecule has 2 aromatic carbocycles. The van der Waals surface area contributed by atoms with E-state index in [1.54, 1.807) is 5.56 Å². The minimum atomic E-state index is 0.787. The average Bonchev–Trinajstić information content (AvgIpc) is 2.87. The number of allylic oxidation sites excluding steroid dienone is 2. The zero-order chi connectivity index (χ0) is 22.9. The summed E-state index contributed by atoms with van der Waals surface area (Å²) in [7, 11) is 0. The highest BCUT2D eigenvalue weighted by Crippen LogP contribution is 2.48. The summed E-state index contributed by atoms with van der Waals surface area (Å²) in [6, 6.07) is 18.8. The number of benzene rings is 2. The standard InChI is InChI=1S/C33H46/c1-3-5-7-9-11-27-14-17-33-25-32(23-22-31(33)24-27)30-20-18-29(19-21-30)28-15-12-26(13-16-28)10-8-6-4-2/h4,6,12-13,15-16,18-21,27,31-33H,3,5,7-11,14,17,22-25H2,1-2H3. The third-order valence-corrected chi connectivity index (χ3v) is 8.69. The van der Waals surface area contributed by atoms with Crippen molar-refractivity contribution in [3.05, 3.63) is 71.8 Å². The molecule has 2 saturated carbocycles. The highest BCUT2D eigenvalue weighted by atomic mass is 14.4. The fourth-order valence-electron chi connectivity index (χ4n) is 6.64. The van der Waals surface area contributed by atoms with Gasteiger partial charge in [0.05, 0.1) is 0 Å². The Kier molecular flexibility index (Phi) is 9.27. The van der Waals surface area contributed by atoms with Crippen LogP contribution in [0.3, 0.4) is 0 Å². The summed E-state index contributed by atoms with van der Waals surface area (Å²) in [5.41, 5.74) is 5.72. The van der Waals surface area contributed by atoms with E-state index in [0.717, 1.165) is 36.5 Å². The van der Waals surface area contributed by atoms with Crippen LogP contribution in [0.5, 0.6) is 0 Å². The van der Waals surface area contributed by atoms with E-state index in [-0.39, 0.29) is 0 Å². The van der Waals surface area contributed by atoms with Gasteiger partial charge in [0.25, 0.3) is 0 Å². The molecule has 0 heteroatoms. The van der Waals surface area contributed by atoms with Gasteiger partial charge in [-0.2, -0.15) is 0 Å². The molecular weight excluding hydrogens is 396 g/mol. The normalized spacial score (nSPS) is 25.3. The van der Waals surface area contributed by atoms with E-state index < -0.39 is 0 Å². The van der Waals surface area contributed by atoms with Crippen molar-refractivity contribution in [1.29, 1.82) is 0 Å². The molecule has 0 N–H and O–H groups in total. The van der Waals surface area contributed by atoms with Gasteiger partial charge in [-0.3, -0.25) is 0 Å². The highest BCUT2D eigenvalue weighted by molar-refractivity contribution is 5.64. The van der Waals surface area contributed by atoms with Crippen LogP contribution in [0.4, 0.5) is 0 Å². The van der Waals surface area contributed by atoms with Gasteiger partial charge in [-0.25, -0.2) is 0 Å². The number of fused-ring (bicyclic) bond motifs is 1. The Hall–Kier alpha value is -1.82. The number of rotatable bonds is 10. The smallest absolute Gasteiger partial charge is 0.0159 e. The zero-order valence-corrected chi connectivity index (χ0v) is 21.3. The second-order valence-corrected chi connectivity index (χ2v) is 11.0. The van der Waals surface area contributed by atoms with Crippen LogP contribution in [0.25, 0.3) is 11.1 Å². The third kappa shape index (κ3) is 6.84. The highest BCUT2D eigenvalue weighted by Gasteiger charge is 2.35. The van der Waals surface area contributed by atoms with Crippen molar-refractivity contribution in [3.63, 3.8) is 0 Å². The fraction of sp³-hybridized carbons (Fsp3) is 0.576. The molecule has 0 bridgehead atoms. The van der Waals surface area contributed by atoms with Crippen molar-refractivity contribution >= 4 is 0 Å². The van der Waals surface area contributed by atoms with Gasteiger partial charge >= 0.3 is 0 Å². The van der Waals surface area contributed by atoms with Crippen molar-refractivity contribution in [2.45, 2.75) is 103 Å². The first-order valence-electron chi connectivity index (χ1n) is 14.1. The van der Waals surface area contributed by atoms with Crippen LogP contribution >= 0.6 is 0 Å². The van der Waals surface area contributed by atoms with Gasteiger partial charge in [-0.1, -0.05) is 106 Å². The molecule has 4 unspecified atom stereocenters. The lowest BCUT2D eigenvalue weighted by molar-refractivity contribution is 0.113. The van der Waals surface area contributed by atoms with Crippen LogP contribution in [0.2, 0.25) is 0 Å². The first-order valence-corrected chi connectivity index (χ1v) is 14.1. The Labute approximate surface area is 203 Å². The minimum absolute atomic E-state index is 0.787. The van der Waals surface area contributed by atoms with E-state index >= 15 is 0 Å². The van der Waals surface area contributed by atoms with Crippen molar-refractivity contribution in [2.75, 3.05) is 0 Å².